The summed E-state index contributed by atoms with van der Waals surface area (Å²) in [5.41, 5.74) is 2.41. The Bertz CT molecular complexity index is 1290. The molecule has 168 valence electrons. The van der Waals surface area contributed by atoms with Crippen LogP contribution in [-0.4, -0.2) is 27.0 Å². The van der Waals surface area contributed by atoms with Gasteiger partial charge in [0.15, 0.2) is 0 Å². The Hall–Kier alpha value is -3.93. The first-order valence-electron chi connectivity index (χ1n) is 11.2. The topological polar surface area (TPSA) is 67.2 Å². The largest absolute Gasteiger partial charge is 0.322 e. The number of para-hydroxylation sites is 2. The first-order chi connectivity index (χ1) is 16.1. The minimum Gasteiger partial charge on any atom is -0.314 e. The maximum atomic E-state index is 13.4. The first kappa shape index (κ1) is 22.3. The van der Waals surface area contributed by atoms with Crippen LogP contribution in [0.25, 0.3) is 10.9 Å². The second-order valence-electron chi connectivity index (χ2n) is 7.94. The average Bonchev–Trinajstić information content (AvgIpc) is 2.85. The summed E-state index contributed by atoms with van der Waals surface area (Å²) in [6, 6.07) is 26.2. The van der Waals surface area contributed by atoms with E-state index in [0.29, 0.717) is 36.2 Å². The highest BCUT2D eigenvalue weighted by Crippen LogP contribution is 2.22. The molecule has 33 heavy (non-hydrogen) atoms. The van der Waals surface area contributed by atoms with Gasteiger partial charge in [-0.05, 0) is 50.1 Å². The van der Waals surface area contributed by atoms with Crippen LogP contribution in [-0.2, 0) is 13.0 Å². The Morgan fingerprint density at radius 1 is 0.970 bits per heavy atom. The number of hydrogen-bond donors (Lipinski definition) is 1. The Morgan fingerprint density at radius 2 is 1.61 bits per heavy atom. The Balaban J connectivity index is 1.71. The molecule has 1 heterocycles. The van der Waals surface area contributed by atoms with Crippen molar-refractivity contribution >= 4 is 22.6 Å². The number of hydrogen-bond acceptors (Lipinski definition) is 3. The Labute approximate surface area is 193 Å². The number of carbonyl (C=O) groups excluding carboxylic acids is 1. The van der Waals surface area contributed by atoms with E-state index in [9.17, 15) is 9.59 Å². The van der Waals surface area contributed by atoms with Crippen molar-refractivity contribution in [2.45, 2.75) is 32.9 Å². The van der Waals surface area contributed by atoms with E-state index in [1.165, 1.54) is 0 Å². The number of rotatable bonds is 7. The van der Waals surface area contributed by atoms with Gasteiger partial charge in [0.05, 0.1) is 16.9 Å². The number of nitrogens with one attached hydrogen (secondary N) is 1. The van der Waals surface area contributed by atoms with Gasteiger partial charge in [0, 0.05) is 18.8 Å². The van der Waals surface area contributed by atoms with Gasteiger partial charge >= 0.3 is 6.03 Å². The van der Waals surface area contributed by atoms with Crippen molar-refractivity contribution in [3.63, 3.8) is 0 Å². The molecule has 6 nitrogen and oxygen atoms in total. The molecule has 2 amide bonds. The highest BCUT2D eigenvalue weighted by molar-refractivity contribution is 5.89. The first-order valence-corrected chi connectivity index (χ1v) is 11.2. The van der Waals surface area contributed by atoms with Crippen molar-refractivity contribution < 1.29 is 4.79 Å². The van der Waals surface area contributed by atoms with E-state index in [-0.39, 0.29) is 11.6 Å². The molecule has 3 aromatic carbocycles. The summed E-state index contributed by atoms with van der Waals surface area (Å²) in [6.45, 7) is 4.81. The maximum absolute atomic E-state index is 13.4. The summed E-state index contributed by atoms with van der Waals surface area (Å²) in [5, 5.41) is 3.57. The molecule has 0 aliphatic rings. The molecule has 1 atom stereocenters. The molecule has 0 radical (unpaired) electrons. The number of fused-ring (bicyclic) bond motifs is 1. The zero-order chi connectivity index (χ0) is 23.2. The quantitative estimate of drug-likeness (QED) is 0.427. The lowest BCUT2D eigenvalue weighted by Gasteiger charge is -2.30. The molecule has 1 aromatic heterocycles. The number of benzene rings is 3. The summed E-state index contributed by atoms with van der Waals surface area (Å²) in [6.07, 6.45) is 0.692. The van der Waals surface area contributed by atoms with Gasteiger partial charge in [0.2, 0.25) is 0 Å². The predicted molar refractivity (Wildman–Crippen MR) is 132 cm³/mol. The zero-order valence-corrected chi connectivity index (χ0v) is 18.9. The normalized spacial score (nSPS) is 11.8. The van der Waals surface area contributed by atoms with Crippen molar-refractivity contribution in [3.05, 3.63) is 107 Å². The van der Waals surface area contributed by atoms with Crippen LogP contribution in [0, 0.1) is 0 Å². The van der Waals surface area contributed by atoms with Gasteiger partial charge in [-0.2, -0.15) is 0 Å². The summed E-state index contributed by atoms with van der Waals surface area (Å²) >= 11 is 0. The summed E-state index contributed by atoms with van der Waals surface area (Å²) < 4.78 is 1.66. The number of carbonyl (C=O) groups is 1. The molecular weight excluding hydrogens is 412 g/mol. The molecule has 0 aliphatic carbocycles. The van der Waals surface area contributed by atoms with Crippen LogP contribution < -0.4 is 10.9 Å². The summed E-state index contributed by atoms with van der Waals surface area (Å²) in [5.74, 6) is 0.581. The highest BCUT2D eigenvalue weighted by atomic mass is 16.2. The molecule has 0 spiro atoms. The summed E-state index contributed by atoms with van der Waals surface area (Å²) in [4.78, 5) is 33.1. The van der Waals surface area contributed by atoms with Crippen molar-refractivity contribution in [1.29, 1.82) is 0 Å². The average molecular weight is 441 g/mol. The molecular formula is C27H28N4O2. The molecule has 0 saturated heterocycles. The fourth-order valence-electron chi connectivity index (χ4n) is 4.03. The van der Waals surface area contributed by atoms with Crippen LogP contribution in [0.15, 0.2) is 89.7 Å². The number of aromatic nitrogens is 2. The van der Waals surface area contributed by atoms with Gasteiger partial charge in [-0.3, -0.25) is 9.36 Å². The van der Waals surface area contributed by atoms with Crippen LogP contribution in [0.2, 0.25) is 0 Å². The minimum absolute atomic E-state index is 0.0866. The molecule has 0 fully saturated rings. The molecule has 0 aliphatic heterocycles. The van der Waals surface area contributed by atoms with Crippen LogP contribution in [0.4, 0.5) is 10.5 Å². The number of anilines is 1. The van der Waals surface area contributed by atoms with Gasteiger partial charge in [-0.25, -0.2) is 9.78 Å². The lowest BCUT2D eigenvalue weighted by molar-refractivity contribution is 0.189. The van der Waals surface area contributed by atoms with Crippen LogP contribution >= 0.6 is 0 Å². The third-order valence-corrected chi connectivity index (χ3v) is 5.82. The Morgan fingerprint density at radius 3 is 2.30 bits per heavy atom. The lowest BCUT2D eigenvalue weighted by Crippen LogP contribution is -2.41. The van der Waals surface area contributed by atoms with E-state index in [4.69, 9.17) is 4.98 Å². The van der Waals surface area contributed by atoms with Gasteiger partial charge in [0.25, 0.3) is 5.56 Å². The minimum atomic E-state index is -0.408. The van der Waals surface area contributed by atoms with Crippen LogP contribution in [0.5, 0.6) is 0 Å². The van der Waals surface area contributed by atoms with Gasteiger partial charge in [-0.1, -0.05) is 60.7 Å². The molecule has 4 aromatic rings. The Kier molecular flexibility index (Phi) is 6.83. The molecule has 6 heteroatoms. The second kappa shape index (κ2) is 10.1. The maximum Gasteiger partial charge on any atom is 0.322 e. The second-order valence-corrected chi connectivity index (χ2v) is 7.94. The van der Waals surface area contributed by atoms with E-state index in [1.54, 1.807) is 15.5 Å². The van der Waals surface area contributed by atoms with Crippen molar-refractivity contribution in [3.8, 4) is 0 Å². The summed E-state index contributed by atoms with van der Waals surface area (Å²) in [7, 11) is 0. The lowest BCUT2D eigenvalue weighted by atomic mass is 10.1. The molecule has 0 bridgehead atoms. The number of amides is 2. The van der Waals surface area contributed by atoms with Gasteiger partial charge < -0.3 is 10.2 Å². The van der Waals surface area contributed by atoms with Gasteiger partial charge in [0.1, 0.15) is 5.82 Å². The molecule has 4 rings (SSSR count). The third-order valence-electron chi connectivity index (χ3n) is 5.82. The van der Waals surface area contributed by atoms with E-state index >= 15 is 0 Å². The highest BCUT2D eigenvalue weighted by Gasteiger charge is 2.26. The van der Waals surface area contributed by atoms with E-state index in [0.717, 1.165) is 11.3 Å². The fourth-order valence-corrected chi connectivity index (χ4v) is 4.03. The number of urea groups is 1. The SMILES string of the molecule is CCn1c(C(C)N(CCc2ccccc2)C(=O)Nc2ccccc2)nc2ccccc2c1=O. The van der Waals surface area contributed by atoms with Gasteiger partial charge in [-0.15, -0.1) is 0 Å². The van der Waals surface area contributed by atoms with Crippen LogP contribution in [0.3, 0.4) is 0 Å². The number of nitrogens with zero attached hydrogens (tertiary/aromatic N) is 3. The van der Waals surface area contributed by atoms with Crippen molar-refractivity contribution in [2.24, 2.45) is 0 Å². The smallest absolute Gasteiger partial charge is 0.314 e. The van der Waals surface area contributed by atoms with E-state index < -0.39 is 6.04 Å². The fraction of sp³-hybridized carbons (Fsp3) is 0.222. The molecule has 1 N–H and O–H groups in total. The molecule has 1 unspecified atom stereocenters. The predicted octanol–water partition coefficient (Wildman–Crippen LogP) is 5.25. The van der Waals surface area contributed by atoms with Crippen molar-refractivity contribution in [1.82, 2.24) is 14.5 Å². The van der Waals surface area contributed by atoms with Crippen LogP contribution in [0.1, 0.15) is 31.3 Å². The van der Waals surface area contributed by atoms with E-state index in [1.807, 2.05) is 92.7 Å². The molecule has 0 saturated carbocycles. The standard InChI is InChI=1S/C27H28N4O2/c1-3-30-25(29-24-17-11-10-16-23(24)26(30)32)20(2)31(19-18-21-12-6-4-7-13-21)27(33)28-22-14-8-5-9-15-22/h4-17,20H,3,18-19H2,1-2H3,(H,28,33). The van der Waals surface area contributed by atoms with Crippen molar-refractivity contribution in [2.75, 3.05) is 11.9 Å². The monoisotopic (exact) mass is 440 g/mol. The van der Waals surface area contributed by atoms with E-state index in [2.05, 4.69) is 5.32 Å². The third kappa shape index (κ3) is 4.95. The zero-order valence-electron chi connectivity index (χ0n) is 18.9.